The number of carbonyl (C=O) groups is 1. The Morgan fingerprint density at radius 2 is 1.88 bits per heavy atom. The summed E-state index contributed by atoms with van der Waals surface area (Å²) in [5.41, 5.74) is 0. The van der Waals surface area contributed by atoms with E-state index in [2.05, 4.69) is 24.1 Å². The van der Waals surface area contributed by atoms with Crippen molar-refractivity contribution in [3.63, 3.8) is 0 Å². The van der Waals surface area contributed by atoms with E-state index in [0.717, 1.165) is 26.1 Å². The molecule has 0 aliphatic rings. The number of hydrogen-bond acceptors (Lipinski definition) is 2. The summed E-state index contributed by atoms with van der Waals surface area (Å²) >= 11 is 0. The highest BCUT2D eigenvalue weighted by molar-refractivity contribution is 5.87. The molecular weight excluding hydrogens is 200 g/mol. The standard InChI is InChI=1S/C13H26N2O/c1-4-10-13(16)14-11-8-7-9-12-15(5-2)6-3/h4,10H,5-9,11-12H2,1-3H3,(H,14,16). The fraction of sp³-hybridized carbons (Fsp3) is 0.769. The van der Waals surface area contributed by atoms with Crippen LogP contribution in [0.1, 0.15) is 40.0 Å². The molecule has 3 heteroatoms. The summed E-state index contributed by atoms with van der Waals surface area (Å²) in [6, 6.07) is 0. The van der Waals surface area contributed by atoms with Gasteiger partial charge >= 0.3 is 0 Å². The van der Waals surface area contributed by atoms with Crippen molar-refractivity contribution in [1.29, 1.82) is 0 Å². The lowest BCUT2D eigenvalue weighted by atomic mass is 10.2. The third-order valence-corrected chi connectivity index (χ3v) is 2.66. The first-order chi connectivity index (χ1) is 7.74. The molecule has 0 fully saturated rings. The van der Waals surface area contributed by atoms with E-state index in [0.29, 0.717) is 0 Å². The summed E-state index contributed by atoms with van der Waals surface area (Å²) in [5.74, 6) is 0.0197. The second-order valence-corrected chi connectivity index (χ2v) is 3.88. The monoisotopic (exact) mass is 226 g/mol. The Balaban J connectivity index is 3.30. The third-order valence-electron chi connectivity index (χ3n) is 2.66. The van der Waals surface area contributed by atoms with Crippen LogP contribution in [0.4, 0.5) is 0 Å². The van der Waals surface area contributed by atoms with Crippen LogP contribution < -0.4 is 5.32 Å². The molecule has 0 aliphatic carbocycles. The first-order valence-corrected chi connectivity index (χ1v) is 6.37. The Bertz CT molecular complexity index is 198. The van der Waals surface area contributed by atoms with Gasteiger partial charge in [-0.05, 0) is 45.5 Å². The molecule has 16 heavy (non-hydrogen) atoms. The van der Waals surface area contributed by atoms with Crippen LogP contribution in [0.25, 0.3) is 0 Å². The van der Waals surface area contributed by atoms with Crippen molar-refractivity contribution in [2.24, 2.45) is 0 Å². The number of unbranched alkanes of at least 4 members (excludes halogenated alkanes) is 2. The van der Waals surface area contributed by atoms with Gasteiger partial charge in [-0.15, -0.1) is 0 Å². The number of nitrogens with one attached hydrogen (secondary N) is 1. The van der Waals surface area contributed by atoms with Gasteiger partial charge in [-0.3, -0.25) is 4.79 Å². The lowest BCUT2D eigenvalue weighted by Crippen LogP contribution is -2.25. The number of allylic oxidation sites excluding steroid dienone is 1. The maximum atomic E-state index is 11.1. The molecule has 3 nitrogen and oxygen atoms in total. The fourth-order valence-corrected chi connectivity index (χ4v) is 1.60. The number of nitrogens with zero attached hydrogens (tertiary/aromatic N) is 1. The highest BCUT2D eigenvalue weighted by Crippen LogP contribution is 1.97. The Morgan fingerprint density at radius 3 is 2.44 bits per heavy atom. The first kappa shape index (κ1) is 15.2. The molecule has 0 heterocycles. The van der Waals surface area contributed by atoms with Gasteiger partial charge in [0.05, 0.1) is 0 Å². The van der Waals surface area contributed by atoms with Crippen LogP contribution in [0, 0.1) is 0 Å². The molecule has 0 rings (SSSR count). The van der Waals surface area contributed by atoms with Gasteiger partial charge in [0.2, 0.25) is 5.91 Å². The van der Waals surface area contributed by atoms with Crippen LogP contribution in [0.3, 0.4) is 0 Å². The Morgan fingerprint density at radius 1 is 1.19 bits per heavy atom. The Kier molecular flexibility index (Phi) is 10.1. The summed E-state index contributed by atoms with van der Waals surface area (Å²) in [5, 5.41) is 2.86. The van der Waals surface area contributed by atoms with E-state index in [1.807, 2.05) is 6.92 Å². The summed E-state index contributed by atoms with van der Waals surface area (Å²) in [4.78, 5) is 13.5. The number of rotatable bonds is 9. The molecule has 1 amide bonds. The second-order valence-electron chi connectivity index (χ2n) is 3.88. The molecule has 0 atom stereocenters. The van der Waals surface area contributed by atoms with Crippen LogP contribution in [-0.4, -0.2) is 37.0 Å². The van der Waals surface area contributed by atoms with Gasteiger partial charge in [-0.2, -0.15) is 0 Å². The lowest BCUT2D eigenvalue weighted by molar-refractivity contribution is -0.116. The topological polar surface area (TPSA) is 32.3 Å². The zero-order chi connectivity index (χ0) is 12.2. The zero-order valence-corrected chi connectivity index (χ0v) is 11.0. The molecule has 94 valence electrons. The van der Waals surface area contributed by atoms with E-state index in [4.69, 9.17) is 0 Å². The molecule has 0 aliphatic heterocycles. The Labute approximate surface area is 99.9 Å². The highest BCUT2D eigenvalue weighted by Gasteiger charge is 1.98. The van der Waals surface area contributed by atoms with Gasteiger partial charge < -0.3 is 10.2 Å². The van der Waals surface area contributed by atoms with Crippen LogP contribution in [0.15, 0.2) is 12.2 Å². The van der Waals surface area contributed by atoms with E-state index < -0.39 is 0 Å². The molecule has 0 saturated heterocycles. The molecule has 0 saturated carbocycles. The second kappa shape index (κ2) is 10.7. The number of amides is 1. The lowest BCUT2D eigenvalue weighted by Gasteiger charge is -2.17. The van der Waals surface area contributed by atoms with Crippen LogP contribution in [0.5, 0.6) is 0 Å². The van der Waals surface area contributed by atoms with Crippen molar-refractivity contribution in [2.75, 3.05) is 26.2 Å². The number of hydrogen-bond donors (Lipinski definition) is 1. The van der Waals surface area contributed by atoms with Crippen molar-refractivity contribution in [2.45, 2.75) is 40.0 Å². The van der Waals surface area contributed by atoms with Gasteiger partial charge in [0.15, 0.2) is 0 Å². The quantitative estimate of drug-likeness (QED) is 0.483. The van der Waals surface area contributed by atoms with Crippen molar-refractivity contribution in [1.82, 2.24) is 10.2 Å². The van der Waals surface area contributed by atoms with E-state index >= 15 is 0 Å². The predicted molar refractivity (Wildman–Crippen MR) is 69.5 cm³/mol. The van der Waals surface area contributed by atoms with Crippen molar-refractivity contribution in [3.05, 3.63) is 12.2 Å². The molecule has 0 spiro atoms. The summed E-state index contributed by atoms with van der Waals surface area (Å²) in [7, 11) is 0. The predicted octanol–water partition coefficient (Wildman–Crippen LogP) is 2.19. The van der Waals surface area contributed by atoms with E-state index in [9.17, 15) is 4.79 Å². The minimum atomic E-state index is 0.0197. The molecule has 0 bridgehead atoms. The fourth-order valence-electron chi connectivity index (χ4n) is 1.60. The largest absolute Gasteiger partial charge is 0.353 e. The number of carbonyl (C=O) groups excluding carboxylic acids is 1. The molecular formula is C13H26N2O. The van der Waals surface area contributed by atoms with E-state index in [1.165, 1.54) is 19.4 Å². The average molecular weight is 226 g/mol. The first-order valence-electron chi connectivity index (χ1n) is 6.37. The maximum absolute atomic E-state index is 11.1. The molecule has 0 unspecified atom stereocenters. The molecule has 1 N–H and O–H groups in total. The summed E-state index contributed by atoms with van der Waals surface area (Å²) < 4.78 is 0. The van der Waals surface area contributed by atoms with Crippen LogP contribution in [0.2, 0.25) is 0 Å². The van der Waals surface area contributed by atoms with Gasteiger partial charge in [-0.1, -0.05) is 26.3 Å². The van der Waals surface area contributed by atoms with Gasteiger partial charge in [-0.25, -0.2) is 0 Å². The van der Waals surface area contributed by atoms with Crippen LogP contribution in [-0.2, 0) is 4.79 Å². The Hall–Kier alpha value is -0.830. The van der Waals surface area contributed by atoms with Crippen molar-refractivity contribution >= 4 is 5.91 Å². The average Bonchev–Trinajstić information content (AvgIpc) is 2.29. The van der Waals surface area contributed by atoms with Crippen molar-refractivity contribution < 1.29 is 4.79 Å². The maximum Gasteiger partial charge on any atom is 0.243 e. The molecule has 0 aromatic heterocycles. The molecule has 0 radical (unpaired) electrons. The summed E-state index contributed by atoms with van der Waals surface area (Å²) in [6.45, 7) is 10.5. The van der Waals surface area contributed by atoms with Gasteiger partial charge in [0, 0.05) is 6.54 Å². The SMILES string of the molecule is CC=CC(=O)NCCCCCN(CC)CC. The molecule has 0 aromatic carbocycles. The zero-order valence-electron chi connectivity index (χ0n) is 11.0. The van der Waals surface area contributed by atoms with E-state index in [1.54, 1.807) is 12.2 Å². The minimum absolute atomic E-state index is 0.0197. The normalized spacial score (nSPS) is 11.2. The van der Waals surface area contributed by atoms with Crippen LogP contribution >= 0.6 is 0 Å². The van der Waals surface area contributed by atoms with E-state index in [-0.39, 0.29) is 5.91 Å². The molecule has 0 aromatic rings. The summed E-state index contributed by atoms with van der Waals surface area (Å²) in [6.07, 6.45) is 6.81. The minimum Gasteiger partial charge on any atom is -0.353 e. The van der Waals surface area contributed by atoms with Gasteiger partial charge in [0.1, 0.15) is 0 Å². The van der Waals surface area contributed by atoms with Crippen molar-refractivity contribution in [3.8, 4) is 0 Å². The highest BCUT2D eigenvalue weighted by atomic mass is 16.1. The third kappa shape index (κ3) is 8.48. The van der Waals surface area contributed by atoms with Gasteiger partial charge in [0.25, 0.3) is 0 Å². The smallest absolute Gasteiger partial charge is 0.243 e.